The van der Waals surface area contributed by atoms with E-state index in [9.17, 15) is 0 Å². The molecule has 3 rings (SSSR count). The van der Waals surface area contributed by atoms with Gasteiger partial charge in [-0.15, -0.1) is 0 Å². The Bertz CT molecular complexity index is 792. The summed E-state index contributed by atoms with van der Waals surface area (Å²) in [5.74, 6) is 2.62. The summed E-state index contributed by atoms with van der Waals surface area (Å²) in [5, 5.41) is 4.30. The van der Waals surface area contributed by atoms with Crippen molar-refractivity contribution in [3.8, 4) is 11.5 Å². The molecule has 1 unspecified atom stereocenters. The molecule has 2 aromatic carbocycles. The number of hydrogen-bond acceptors (Lipinski definition) is 4. The first kappa shape index (κ1) is 16.4. The molecule has 0 aliphatic heterocycles. The number of furan rings is 1. The lowest BCUT2D eigenvalue weighted by Crippen LogP contribution is -2.10. The van der Waals surface area contributed by atoms with Crippen LogP contribution in [0.2, 0.25) is 0 Å². The highest BCUT2D eigenvalue weighted by Crippen LogP contribution is 2.25. The van der Waals surface area contributed by atoms with Gasteiger partial charge in [0.15, 0.2) is 0 Å². The highest BCUT2D eigenvalue weighted by Gasteiger charge is 2.10. The maximum absolute atomic E-state index is 5.92. The Balaban J connectivity index is 1.68. The van der Waals surface area contributed by atoms with E-state index in [-0.39, 0.29) is 6.04 Å². The number of hydrogen-bond donors (Lipinski definition) is 1. The highest BCUT2D eigenvalue weighted by atomic mass is 16.5. The van der Waals surface area contributed by atoms with E-state index in [1.165, 1.54) is 0 Å². The van der Waals surface area contributed by atoms with Gasteiger partial charge >= 0.3 is 0 Å². The van der Waals surface area contributed by atoms with Gasteiger partial charge < -0.3 is 19.2 Å². The van der Waals surface area contributed by atoms with Crippen LogP contribution in [0.25, 0.3) is 11.0 Å². The second-order valence-electron chi connectivity index (χ2n) is 5.72. The van der Waals surface area contributed by atoms with Crippen molar-refractivity contribution in [1.82, 2.24) is 5.32 Å². The van der Waals surface area contributed by atoms with Gasteiger partial charge in [0.2, 0.25) is 0 Å². The first-order chi connectivity index (χ1) is 11.7. The predicted molar refractivity (Wildman–Crippen MR) is 95.6 cm³/mol. The van der Waals surface area contributed by atoms with E-state index in [1.54, 1.807) is 0 Å². The van der Waals surface area contributed by atoms with Crippen LogP contribution < -0.4 is 14.8 Å². The van der Waals surface area contributed by atoms with Crippen LogP contribution in [-0.4, -0.2) is 13.7 Å². The molecule has 0 saturated carbocycles. The summed E-state index contributed by atoms with van der Waals surface area (Å²) in [6.07, 6.45) is 0. The molecule has 0 spiro atoms. The third-order valence-corrected chi connectivity index (χ3v) is 4.00. The zero-order valence-electron chi connectivity index (χ0n) is 14.3. The largest absolute Gasteiger partial charge is 0.494 e. The third-order valence-electron chi connectivity index (χ3n) is 4.00. The minimum Gasteiger partial charge on any atom is -0.494 e. The molecule has 1 heterocycles. The molecule has 1 N–H and O–H groups in total. The average molecular weight is 325 g/mol. The third kappa shape index (κ3) is 3.71. The summed E-state index contributed by atoms with van der Waals surface area (Å²) < 4.78 is 17.2. The number of benzene rings is 2. The van der Waals surface area contributed by atoms with Crippen LogP contribution in [0.1, 0.15) is 31.2 Å². The summed E-state index contributed by atoms with van der Waals surface area (Å²) in [6, 6.07) is 16.1. The highest BCUT2D eigenvalue weighted by molar-refractivity contribution is 5.78. The van der Waals surface area contributed by atoms with Gasteiger partial charge in [-0.05, 0) is 62.9 Å². The van der Waals surface area contributed by atoms with Gasteiger partial charge in [0.05, 0.1) is 12.6 Å². The van der Waals surface area contributed by atoms with Crippen LogP contribution >= 0.6 is 0 Å². The van der Waals surface area contributed by atoms with Gasteiger partial charge in [-0.2, -0.15) is 0 Å². The van der Waals surface area contributed by atoms with E-state index in [2.05, 4.69) is 30.4 Å². The van der Waals surface area contributed by atoms with E-state index in [1.807, 2.05) is 44.3 Å². The number of fused-ring (bicyclic) bond motifs is 1. The van der Waals surface area contributed by atoms with Gasteiger partial charge in [0.1, 0.15) is 29.4 Å². The standard InChI is InChI=1S/C20H23NO3/c1-4-22-17-7-9-18(10-8-17)23-13-15-5-6-16-12-19(14(2)21-3)24-20(16)11-15/h5-12,14,21H,4,13H2,1-3H3. The molecule has 4 nitrogen and oxygen atoms in total. The van der Waals surface area contributed by atoms with Gasteiger partial charge in [-0.25, -0.2) is 0 Å². The van der Waals surface area contributed by atoms with Crippen LogP contribution in [0.15, 0.2) is 52.9 Å². The van der Waals surface area contributed by atoms with E-state index in [0.717, 1.165) is 33.8 Å². The molecule has 0 radical (unpaired) electrons. The Morgan fingerprint density at radius 1 is 1.00 bits per heavy atom. The smallest absolute Gasteiger partial charge is 0.134 e. The molecule has 0 aliphatic carbocycles. The van der Waals surface area contributed by atoms with Crippen molar-refractivity contribution >= 4 is 11.0 Å². The van der Waals surface area contributed by atoms with Crippen LogP contribution in [0.5, 0.6) is 11.5 Å². The average Bonchev–Trinajstić information content (AvgIpc) is 3.04. The Morgan fingerprint density at radius 3 is 2.38 bits per heavy atom. The van der Waals surface area contributed by atoms with Crippen LogP contribution in [0.4, 0.5) is 0 Å². The predicted octanol–water partition coefficient (Wildman–Crippen LogP) is 4.69. The molecule has 0 aliphatic rings. The topological polar surface area (TPSA) is 43.6 Å². The first-order valence-electron chi connectivity index (χ1n) is 8.25. The zero-order chi connectivity index (χ0) is 16.9. The van der Waals surface area contributed by atoms with Crippen molar-refractivity contribution in [1.29, 1.82) is 0 Å². The van der Waals surface area contributed by atoms with Crippen molar-refractivity contribution in [2.24, 2.45) is 0 Å². The van der Waals surface area contributed by atoms with Crippen LogP contribution in [0, 0.1) is 0 Å². The Labute approximate surface area is 142 Å². The normalized spacial score (nSPS) is 12.3. The molecule has 0 fully saturated rings. The van der Waals surface area contributed by atoms with Crippen LogP contribution in [0.3, 0.4) is 0 Å². The molecular weight excluding hydrogens is 302 g/mol. The summed E-state index contributed by atoms with van der Waals surface area (Å²) in [7, 11) is 1.92. The lowest BCUT2D eigenvalue weighted by Gasteiger charge is -2.08. The lowest BCUT2D eigenvalue weighted by atomic mass is 10.1. The summed E-state index contributed by atoms with van der Waals surface area (Å²) in [5.41, 5.74) is 1.97. The van der Waals surface area contributed by atoms with Gasteiger partial charge in [0.25, 0.3) is 0 Å². The number of nitrogens with one attached hydrogen (secondary N) is 1. The molecule has 0 amide bonds. The van der Waals surface area contributed by atoms with Crippen molar-refractivity contribution in [3.63, 3.8) is 0 Å². The molecule has 0 saturated heterocycles. The molecule has 1 atom stereocenters. The second kappa shape index (κ2) is 7.41. The fourth-order valence-corrected chi connectivity index (χ4v) is 2.51. The molecule has 3 aromatic rings. The van der Waals surface area contributed by atoms with Crippen molar-refractivity contribution in [2.45, 2.75) is 26.5 Å². The first-order valence-corrected chi connectivity index (χ1v) is 8.25. The molecule has 126 valence electrons. The van der Waals surface area contributed by atoms with E-state index in [4.69, 9.17) is 13.9 Å². The SMILES string of the molecule is CCOc1ccc(OCc2ccc3cc(C(C)NC)oc3c2)cc1. The van der Waals surface area contributed by atoms with Crippen LogP contribution in [-0.2, 0) is 6.61 Å². The van der Waals surface area contributed by atoms with Gasteiger partial charge in [0, 0.05) is 5.39 Å². The Kier molecular flexibility index (Phi) is 5.06. The Morgan fingerprint density at radius 2 is 1.71 bits per heavy atom. The van der Waals surface area contributed by atoms with E-state index >= 15 is 0 Å². The summed E-state index contributed by atoms with van der Waals surface area (Å²) in [6.45, 7) is 5.21. The van der Waals surface area contributed by atoms with Gasteiger partial charge in [-0.1, -0.05) is 12.1 Å². The number of ether oxygens (including phenoxy) is 2. The minimum absolute atomic E-state index is 0.195. The molecule has 4 heteroatoms. The molecule has 24 heavy (non-hydrogen) atoms. The summed E-state index contributed by atoms with van der Waals surface area (Å²) >= 11 is 0. The van der Waals surface area contributed by atoms with Gasteiger partial charge in [-0.3, -0.25) is 0 Å². The fraction of sp³-hybridized carbons (Fsp3) is 0.300. The van der Waals surface area contributed by atoms with E-state index in [0.29, 0.717) is 13.2 Å². The lowest BCUT2D eigenvalue weighted by molar-refractivity contribution is 0.304. The Hall–Kier alpha value is -2.46. The maximum atomic E-state index is 5.92. The summed E-state index contributed by atoms with van der Waals surface area (Å²) in [4.78, 5) is 0. The van der Waals surface area contributed by atoms with E-state index < -0.39 is 0 Å². The molecule has 1 aromatic heterocycles. The minimum atomic E-state index is 0.195. The number of rotatable bonds is 7. The maximum Gasteiger partial charge on any atom is 0.134 e. The monoisotopic (exact) mass is 325 g/mol. The fourth-order valence-electron chi connectivity index (χ4n) is 2.51. The van der Waals surface area contributed by atoms with Crippen molar-refractivity contribution in [2.75, 3.05) is 13.7 Å². The molecule has 0 bridgehead atoms. The second-order valence-corrected chi connectivity index (χ2v) is 5.72. The van der Waals surface area contributed by atoms with Crippen molar-refractivity contribution < 1.29 is 13.9 Å². The van der Waals surface area contributed by atoms with Crippen molar-refractivity contribution in [3.05, 3.63) is 59.9 Å². The molecular formula is C20H23NO3. The zero-order valence-corrected chi connectivity index (χ0v) is 14.3. The quantitative estimate of drug-likeness (QED) is 0.684.